The number of rotatable bonds is 2. The molecule has 0 radical (unpaired) electrons. The van der Waals surface area contributed by atoms with E-state index < -0.39 is 23.7 Å². The zero-order valence-corrected chi connectivity index (χ0v) is 13.9. The Balaban J connectivity index is 2.17. The summed E-state index contributed by atoms with van der Waals surface area (Å²) in [5.74, 6) is -0.439. The third-order valence-electron chi connectivity index (χ3n) is 4.22. The fraction of sp³-hybridized carbons (Fsp3) is 0.353. The Morgan fingerprint density at radius 2 is 1.79 bits per heavy atom. The number of nitrogens with one attached hydrogen (secondary N) is 1. The predicted octanol–water partition coefficient (Wildman–Crippen LogP) is 4.61. The van der Waals surface area contributed by atoms with E-state index in [4.69, 9.17) is 11.6 Å². The SMILES string of the molecule is CC1(C)CC(=O)NN1[C@@H](c1cc2ccccc2cc1Cl)C(F)(F)F. The smallest absolute Gasteiger partial charge is 0.287 e. The van der Waals surface area contributed by atoms with E-state index in [2.05, 4.69) is 5.43 Å². The van der Waals surface area contributed by atoms with Crippen molar-refractivity contribution in [1.82, 2.24) is 10.4 Å². The van der Waals surface area contributed by atoms with E-state index in [0.717, 1.165) is 10.4 Å². The van der Waals surface area contributed by atoms with Crippen LogP contribution in [0.4, 0.5) is 13.2 Å². The Bertz CT molecular complexity index is 804. The van der Waals surface area contributed by atoms with Crippen molar-refractivity contribution in [3.05, 3.63) is 47.0 Å². The average molecular weight is 357 g/mol. The third kappa shape index (κ3) is 2.96. The van der Waals surface area contributed by atoms with E-state index in [1.54, 1.807) is 38.1 Å². The molecule has 1 aliphatic rings. The molecule has 1 fully saturated rings. The molecule has 1 N–H and O–H groups in total. The van der Waals surface area contributed by atoms with E-state index in [9.17, 15) is 18.0 Å². The number of hydrazine groups is 1. The van der Waals surface area contributed by atoms with Crippen molar-refractivity contribution in [3.8, 4) is 0 Å². The minimum Gasteiger partial charge on any atom is -0.287 e. The van der Waals surface area contributed by atoms with Gasteiger partial charge in [0.05, 0.1) is 0 Å². The van der Waals surface area contributed by atoms with Gasteiger partial charge in [-0.2, -0.15) is 18.2 Å². The zero-order valence-electron chi connectivity index (χ0n) is 13.1. The molecule has 128 valence electrons. The van der Waals surface area contributed by atoms with Gasteiger partial charge < -0.3 is 0 Å². The van der Waals surface area contributed by atoms with Crippen molar-refractivity contribution in [2.45, 2.75) is 38.0 Å². The Kier molecular flexibility index (Phi) is 4.00. The van der Waals surface area contributed by atoms with Gasteiger partial charge in [0.1, 0.15) is 0 Å². The summed E-state index contributed by atoms with van der Waals surface area (Å²) in [5.41, 5.74) is 1.29. The molecule has 0 aromatic heterocycles. The second-order valence-corrected chi connectivity index (χ2v) is 6.97. The van der Waals surface area contributed by atoms with Gasteiger partial charge in [0.25, 0.3) is 0 Å². The maximum atomic E-state index is 13.9. The minimum atomic E-state index is -4.60. The highest BCUT2D eigenvalue weighted by atomic mass is 35.5. The van der Waals surface area contributed by atoms with E-state index in [0.29, 0.717) is 5.39 Å². The fourth-order valence-corrected chi connectivity index (χ4v) is 3.39. The first-order valence-electron chi connectivity index (χ1n) is 7.43. The van der Waals surface area contributed by atoms with Gasteiger partial charge in [-0.15, -0.1) is 0 Å². The average Bonchev–Trinajstić information content (AvgIpc) is 2.71. The van der Waals surface area contributed by atoms with Crippen LogP contribution in [0.5, 0.6) is 0 Å². The Hall–Kier alpha value is -1.79. The van der Waals surface area contributed by atoms with E-state index in [-0.39, 0.29) is 17.0 Å². The van der Waals surface area contributed by atoms with Crippen LogP contribution in [0.15, 0.2) is 36.4 Å². The Labute approximate surface area is 142 Å². The van der Waals surface area contributed by atoms with Gasteiger partial charge in [0.15, 0.2) is 6.04 Å². The van der Waals surface area contributed by atoms with Crippen LogP contribution in [0.25, 0.3) is 10.8 Å². The van der Waals surface area contributed by atoms with Gasteiger partial charge in [-0.25, -0.2) is 0 Å². The summed E-state index contributed by atoms with van der Waals surface area (Å²) in [4.78, 5) is 11.7. The second-order valence-electron chi connectivity index (χ2n) is 6.56. The number of fused-ring (bicyclic) bond motifs is 1. The van der Waals surface area contributed by atoms with Crippen LogP contribution in [0.3, 0.4) is 0 Å². The lowest BCUT2D eigenvalue weighted by Gasteiger charge is -2.38. The monoisotopic (exact) mass is 356 g/mol. The van der Waals surface area contributed by atoms with Crippen molar-refractivity contribution < 1.29 is 18.0 Å². The van der Waals surface area contributed by atoms with E-state index >= 15 is 0 Å². The zero-order chi connectivity index (χ0) is 17.7. The molecule has 1 saturated heterocycles. The molecule has 1 heterocycles. The summed E-state index contributed by atoms with van der Waals surface area (Å²) >= 11 is 6.17. The molecular formula is C17H16ClF3N2O. The number of nitrogens with zero attached hydrogens (tertiary/aromatic N) is 1. The van der Waals surface area contributed by atoms with Crippen molar-refractivity contribution in [2.24, 2.45) is 0 Å². The molecule has 3 nitrogen and oxygen atoms in total. The highest BCUT2D eigenvalue weighted by Gasteiger charge is 2.53. The first-order valence-corrected chi connectivity index (χ1v) is 7.81. The number of carbonyl (C=O) groups is 1. The molecule has 24 heavy (non-hydrogen) atoms. The first kappa shape index (κ1) is 17.0. The van der Waals surface area contributed by atoms with Crippen LogP contribution < -0.4 is 5.43 Å². The van der Waals surface area contributed by atoms with Crippen LogP contribution in [-0.4, -0.2) is 22.6 Å². The molecule has 1 amide bonds. The standard InChI is InChI=1S/C17H16ClF3N2O/c1-16(2)9-14(24)22-23(16)15(17(19,20)21)12-7-10-5-3-4-6-11(10)8-13(12)18/h3-8,15H,9H2,1-2H3,(H,22,24)/t15-/m0/s1. The van der Waals surface area contributed by atoms with Crippen molar-refractivity contribution in [2.75, 3.05) is 0 Å². The summed E-state index contributed by atoms with van der Waals surface area (Å²) in [6.45, 7) is 3.19. The van der Waals surface area contributed by atoms with Gasteiger partial charge in [0, 0.05) is 17.0 Å². The summed E-state index contributed by atoms with van der Waals surface area (Å²) in [5, 5.41) is 2.41. The van der Waals surface area contributed by atoms with Crippen LogP contribution in [0.2, 0.25) is 5.02 Å². The molecular weight excluding hydrogens is 341 g/mol. The highest BCUT2D eigenvalue weighted by molar-refractivity contribution is 6.32. The number of hydrogen-bond acceptors (Lipinski definition) is 2. The minimum absolute atomic E-state index is 0.00915. The first-order chi connectivity index (χ1) is 11.1. The van der Waals surface area contributed by atoms with Crippen LogP contribution >= 0.6 is 11.6 Å². The molecule has 2 aromatic carbocycles. The summed E-state index contributed by atoms with van der Waals surface area (Å²) in [6, 6.07) is 8.02. The summed E-state index contributed by atoms with van der Waals surface area (Å²) in [6.07, 6.45) is -4.61. The molecule has 1 aliphatic heterocycles. The third-order valence-corrected chi connectivity index (χ3v) is 4.55. The summed E-state index contributed by atoms with van der Waals surface area (Å²) < 4.78 is 41.6. The lowest BCUT2D eigenvalue weighted by molar-refractivity contribution is -0.203. The predicted molar refractivity (Wildman–Crippen MR) is 86.4 cm³/mol. The van der Waals surface area contributed by atoms with Gasteiger partial charge in [-0.05, 0) is 42.3 Å². The highest BCUT2D eigenvalue weighted by Crippen LogP contribution is 2.45. The van der Waals surface area contributed by atoms with Gasteiger partial charge in [-0.3, -0.25) is 10.2 Å². The number of amides is 1. The molecule has 0 bridgehead atoms. The Morgan fingerprint density at radius 3 is 2.29 bits per heavy atom. The van der Waals surface area contributed by atoms with Crippen LogP contribution in [0.1, 0.15) is 31.9 Å². The molecule has 0 saturated carbocycles. The van der Waals surface area contributed by atoms with Crippen LogP contribution in [-0.2, 0) is 4.79 Å². The van der Waals surface area contributed by atoms with Gasteiger partial charge >= 0.3 is 6.18 Å². The van der Waals surface area contributed by atoms with E-state index in [1.807, 2.05) is 0 Å². The molecule has 0 spiro atoms. The number of hydrogen-bond donors (Lipinski definition) is 1. The number of halogens is 4. The number of alkyl halides is 3. The maximum absolute atomic E-state index is 13.9. The second kappa shape index (κ2) is 5.63. The molecule has 7 heteroatoms. The number of benzene rings is 2. The lowest BCUT2D eigenvalue weighted by Crippen LogP contribution is -2.51. The van der Waals surface area contributed by atoms with Gasteiger partial charge in [0.2, 0.25) is 5.91 Å². The quantitative estimate of drug-likeness (QED) is 0.852. The van der Waals surface area contributed by atoms with Crippen LogP contribution in [0, 0.1) is 0 Å². The number of carbonyl (C=O) groups excluding carboxylic acids is 1. The summed E-state index contributed by atoms with van der Waals surface area (Å²) in [7, 11) is 0. The molecule has 0 aliphatic carbocycles. The van der Waals surface area contributed by atoms with Crippen molar-refractivity contribution in [1.29, 1.82) is 0 Å². The molecule has 0 unspecified atom stereocenters. The Morgan fingerprint density at radius 1 is 1.21 bits per heavy atom. The molecule has 2 aromatic rings. The lowest BCUT2D eigenvalue weighted by atomic mass is 9.95. The van der Waals surface area contributed by atoms with Crippen molar-refractivity contribution in [3.63, 3.8) is 0 Å². The van der Waals surface area contributed by atoms with E-state index in [1.165, 1.54) is 12.1 Å². The topological polar surface area (TPSA) is 32.3 Å². The largest absolute Gasteiger partial charge is 0.409 e. The molecule has 3 rings (SSSR count). The molecule has 1 atom stereocenters. The maximum Gasteiger partial charge on any atom is 0.409 e. The van der Waals surface area contributed by atoms with Gasteiger partial charge in [-0.1, -0.05) is 35.9 Å². The fourth-order valence-electron chi connectivity index (χ4n) is 3.12. The normalized spacial score (nSPS) is 19.5. The van der Waals surface area contributed by atoms with Crippen molar-refractivity contribution >= 4 is 28.3 Å².